The van der Waals surface area contributed by atoms with Crippen LogP contribution in [0.15, 0.2) is 35.0 Å². The third-order valence-corrected chi connectivity index (χ3v) is 5.97. The minimum atomic E-state index is -0.0764. The van der Waals surface area contributed by atoms with E-state index in [1.165, 1.54) is 11.3 Å². The van der Waals surface area contributed by atoms with E-state index in [0.717, 1.165) is 33.3 Å². The molecule has 0 bridgehead atoms. The second kappa shape index (κ2) is 9.71. The van der Waals surface area contributed by atoms with Gasteiger partial charge >= 0.3 is 0 Å². The van der Waals surface area contributed by atoms with Crippen LogP contribution in [-0.2, 0) is 6.42 Å². The number of ether oxygens (including phenoxy) is 2. The molecule has 0 spiro atoms. The summed E-state index contributed by atoms with van der Waals surface area (Å²) in [5.41, 5.74) is 2.92. The third-order valence-electron chi connectivity index (χ3n) is 4.08. The monoisotopic (exact) mass is 416 g/mol. The summed E-state index contributed by atoms with van der Waals surface area (Å²) in [5.74, 6) is 1.41. The van der Waals surface area contributed by atoms with Gasteiger partial charge in [-0.05, 0) is 56.3 Å². The second-order valence-electron chi connectivity index (χ2n) is 6.10. The van der Waals surface area contributed by atoms with Gasteiger partial charge in [0.15, 0.2) is 11.5 Å². The smallest absolute Gasteiger partial charge is 0.263 e. The number of benzene rings is 1. The van der Waals surface area contributed by atoms with E-state index >= 15 is 0 Å². The molecular formula is C21H24N2O3S2. The number of hydrogen-bond donors (Lipinski definition) is 1. The average molecular weight is 417 g/mol. The first-order valence-electron chi connectivity index (χ1n) is 9.29. The minimum Gasteiger partial charge on any atom is -0.490 e. The molecular weight excluding hydrogens is 392 g/mol. The zero-order valence-corrected chi connectivity index (χ0v) is 17.9. The summed E-state index contributed by atoms with van der Waals surface area (Å²) < 4.78 is 11.3. The molecule has 1 N–H and O–H groups in total. The molecule has 3 aromatic rings. The summed E-state index contributed by atoms with van der Waals surface area (Å²) in [4.78, 5) is 17.8. The fourth-order valence-electron chi connectivity index (χ4n) is 2.77. The highest BCUT2D eigenvalue weighted by atomic mass is 32.1. The van der Waals surface area contributed by atoms with Crippen LogP contribution in [0.2, 0.25) is 0 Å². The van der Waals surface area contributed by atoms with Crippen molar-refractivity contribution in [3.05, 3.63) is 51.2 Å². The molecule has 148 valence electrons. The van der Waals surface area contributed by atoms with Crippen LogP contribution in [0, 0.1) is 6.92 Å². The fraction of sp³-hybridized carbons (Fsp3) is 0.333. The summed E-state index contributed by atoms with van der Waals surface area (Å²) in [6.45, 7) is 7.49. The van der Waals surface area contributed by atoms with Gasteiger partial charge in [0.1, 0.15) is 9.88 Å². The molecule has 2 aromatic heterocycles. The molecule has 0 aliphatic rings. The van der Waals surface area contributed by atoms with E-state index < -0.39 is 0 Å². The van der Waals surface area contributed by atoms with E-state index in [-0.39, 0.29) is 5.91 Å². The molecule has 0 unspecified atom stereocenters. The predicted molar refractivity (Wildman–Crippen MR) is 115 cm³/mol. The van der Waals surface area contributed by atoms with E-state index in [9.17, 15) is 4.79 Å². The van der Waals surface area contributed by atoms with Crippen molar-refractivity contribution in [3.63, 3.8) is 0 Å². The number of aromatic nitrogens is 1. The fourth-order valence-corrected chi connectivity index (χ4v) is 4.46. The number of aryl methyl sites for hydroxylation is 1. The molecule has 2 heterocycles. The number of carbonyl (C=O) groups is 1. The van der Waals surface area contributed by atoms with Gasteiger partial charge in [-0.3, -0.25) is 4.79 Å². The molecule has 0 radical (unpaired) electrons. The number of thiophene rings is 1. The Labute approximate surface area is 173 Å². The number of amides is 1. The number of nitrogens with zero attached hydrogens (tertiary/aromatic N) is 1. The van der Waals surface area contributed by atoms with E-state index in [4.69, 9.17) is 9.47 Å². The molecule has 7 heteroatoms. The van der Waals surface area contributed by atoms with E-state index in [1.807, 2.05) is 55.8 Å². The van der Waals surface area contributed by atoms with Crippen molar-refractivity contribution in [2.75, 3.05) is 19.8 Å². The summed E-state index contributed by atoms with van der Waals surface area (Å²) in [6, 6.07) is 7.93. The van der Waals surface area contributed by atoms with Crippen LogP contribution < -0.4 is 14.8 Å². The van der Waals surface area contributed by atoms with Crippen molar-refractivity contribution >= 4 is 28.6 Å². The largest absolute Gasteiger partial charge is 0.490 e. The Morgan fingerprint density at radius 3 is 2.64 bits per heavy atom. The Hall–Kier alpha value is -2.38. The molecule has 0 saturated heterocycles. The van der Waals surface area contributed by atoms with Crippen molar-refractivity contribution in [1.29, 1.82) is 0 Å². The zero-order valence-electron chi connectivity index (χ0n) is 16.3. The van der Waals surface area contributed by atoms with Gasteiger partial charge in [-0.2, -0.15) is 11.3 Å². The Balaban J connectivity index is 1.60. The van der Waals surface area contributed by atoms with Crippen LogP contribution in [0.25, 0.3) is 10.6 Å². The molecule has 0 fully saturated rings. The van der Waals surface area contributed by atoms with Crippen LogP contribution >= 0.6 is 22.7 Å². The van der Waals surface area contributed by atoms with Gasteiger partial charge in [0, 0.05) is 17.5 Å². The maximum atomic E-state index is 12.6. The molecule has 5 nitrogen and oxygen atoms in total. The van der Waals surface area contributed by atoms with Crippen molar-refractivity contribution in [1.82, 2.24) is 10.3 Å². The standard InChI is InChI=1S/C21H24N2O3S2/c1-4-25-17-7-6-15(12-18(17)26-5-2)8-10-22-20(24)19-14(3)23-21(28-19)16-9-11-27-13-16/h6-7,9,11-13H,4-5,8,10H2,1-3H3,(H,22,24). The highest BCUT2D eigenvalue weighted by Gasteiger charge is 2.16. The van der Waals surface area contributed by atoms with Gasteiger partial charge in [-0.15, -0.1) is 11.3 Å². The summed E-state index contributed by atoms with van der Waals surface area (Å²) >= 11 is 3.06. The first kappa shape index (κ1) is 20.4. The van der Waals surface area contributed by atoms with E-state index in [1.54, 1.807) is 11.3 Å². The van der Waals surface area contributed by atoms with Crippen LogP contribution in [0.1, 0.15) is 34.8 Å². The lowest BCUT2D eigenvalue weighted by molar-refractivity contribution is 0.0957. The van der Waals surface area contributed by atoms with Crippen LogP contribution in [0.3, 0.4) is 0 Å². The van der Waals surface area contributed by atoms with Crippen LogP contribution in [0.4, 0.5) is 0 Å². The summed E-state index contributed by atoms with van der Waals surface area (Å²) in [7, 11) is 0. The van der Waals surface area contributed by atoms with Crippen LogP contribution in [0.5, 0.6) is 11.5 Å². The SMILES string of the molecule is CCOc1ccc(CCNC(=O)c2sc(-c3ccsc3)nc2C)cc1OCC. The van der Waals surface area contributed by atoms with E-state index in [2.05, 4.69) is 10.3 Å². The van der Waals surface area contributed by atoms with Gasteiger partial charge in [-0.25, -0.2) is 4.98 Å². The number of hydrogen-bond acceptors (Lipinski definition) is 6. The Morgan fingerprint density at radius 1 is 1.14 bits per heavy atom. The van der Waals surface area contributed by atoms with Gasteiger partial charge < -0.3 is 14.8 Å². The van der Waals surface area contributed by atoms with Gasteiger partial charge in [-0.1, -0.05) is 6.07 Å². The number of nitrogens with one attached hydrogen (secondary N) is 1. The summed E-state index contributed by atoms with van der Waals surface area (Å²) in [5, 5.41) is 7.94. The number of thiazole rings is 1. The highest BCUT2D eigenvalue weighted by molar-refractivity contribution is 7.17. The zero-order chi connectivity index (χ0) is 19.9. The van der Waals surface area contributed by atoms with Gasteiger partial charge in [0.25, 0.3) is 5.91 Å². The first-order valence-corrected chi connectivity index (χ1v) is 11.0. The lowest BCUT2D eigenvalue weighted by Crippen LogP contribution is -2.25. The molecule has 0 aliphatic heterocycles. The molecule has 1 amide bonds. The predicted octanol–water partition coefficient (Wildman–Crippen LogP) is 4.95. The molecule has 0 aliphatic carbocycles. The van der Waals surface area contributed by atoms with Crippen molar-refractivity contribution in [2.24, 2.45) is 0 Å². The molecule has 28 heavy (non-hydrogen) atoms. The lowest BCUT2D eigenvalue weighted by atomic mass is 10.1. The van der Waals surface area contributed by atoms with Crippen molar-refractivity contribution in [2.45, 2.75) is 27.2 Å². The van der Waals surface area contributed by atoms with Crippen LogP contribution in [-0.4, -0.2) is 30.6 Å². The van der Waals surface area contributed by atoms with Gasteiger partial charge in [0.2, 0.25) is 0 Å². The molecule has 0 saturated carbocycles. The maximum Gasteiger partial charge on any atom is 0.263 e. The van der Waals surface area contributed by atoms with Crippen molar-refractivity contribution in [3.8, 4) is 22.1 Å². The second-order valence-corrected chi connectivity index (χ2v) is 7.88. The first-order chi connectivity index (χ1) is 13.6. The quantitative estimate of drug-likeness (QED) is 0.536. The highest BCUT2D eigenvalue weighted by Crippen LogP contribution is 2.30. The summed E-state index contributed by atoms with van der Waals surface area (Å²) in [6.07, 6.45) is 0.716. The maximum absolute atomic E-state index is 12.6. The number of carbonyl (C=O) groups excluding carboxylic acids is 1. The minimum absolute atomic E-state index is 0.0764. The number of rotatable bonds is 9. The normalized spacial score (nSPS) is 10.7. The average Bonchev–Trinajstić information content (AvgIpc) is 3.33. The lowest BCUT2D eigenvalue weighted by Gasteiger charge is -2.12. The topological polar surface area (TPSA) is 60.5 Å². The Kier molecular flexibility index (Phi) is 7.06. The molecule has 0 atom stereocenters. The molecule has 1 aromatic carbocycles. The Bertz CT molecular complexity index is 920. The third kappa shape index (κ3) is 4.91. The molecule has 3 rings (SSSR count). The van der Waals surface area contributed by atoms with Gasteiger partial charge in [0.05, 0.1) is 18.9 Å². The Morgan fingerprint density at radius 2 is 1.93 bits per heavy atom. The van der Waals surface area contributed by atoms with Crippen molar-refractivity contribution < 1.29 is 14.3 Å². The van der Waals surface area contributed by atoms with E-state index in [0.29, 0.717) is 31.1 Å².